The number of H-pyrrole nitrogens is 1. The van der Waals surface area contributed by atoms with E-state index >= 15 is 0 Å². The number of aryl methyl sites for hydroxylation is 1. The molecule has 5 rings (SSSR count). The van der Waals surface area contributed by atoms with Crippen LogP contribution in [-0.4, -0.2) is 27.0 Å². The zero-order valence-corrected chi connectivity index (χ0v) is 16.5. The summed E-state index contributed by atoms with van der Waals surface area (Å²) in [7, 11) is 0. The largest absolute Gasteiger partial charge is 0.323 e. The fourth-order valence-corrected chi connectivity index (χ4v) is 4.86. The molecule has 1 fully saturated rings. The number of halogens is 1. The van der Waals surface area contributed by atoms with Gasteiger partial charge in [0.25, 0.3) is 5.91 Å². The van der Waals surface area contributed by atoms with Crippen LogP contribution in [0.25, 0.3) is 11.3 Å². The molecule has 1 aliphatic carbocycles. The van der Waals surface area contributed by atoms with E-state index in [1.54, 1.807) is 0 Å². The van der Waals surface area contributed by atoms with Gasteiger partial charge in [0, 0.05) is 22.2 Å². The van der Waals surface area contributed by atoms with Crippen LogP contribution < -0.4 is 0 Å². The third-order valence-electron chi connectivity index (χ3n) is 6.01. The standard InChI is InChI=1S/C23H22ClN3O/c1-14-9-11-15(12-10-14)20-19-21(26-25-20)23(28)27(18-7-2-3-8-18)22(19)16-5-4-6-17(24)13-16/h4-6,9-13,18,22H,2-3,7-8H2,1H3,(H,25,26). The molecule has 0 saturated heterocycles. The van der Waals surface area contributed by atoms with Gasteiger partial charge in [0.15, 0.2) is 0 Å². The Hall–Kier alpha value is -2.59. The number of hydrogen-bond donors (Lipinski definition) is 1. The highest BCUT2D eigenvalue weighted by atomic mass is 35.5. The maximum atomic E-state index is 13.4. The third kappa shape index (κ3) is 2.75. The van der Waals surface area contributed by atoms with E-state index in [0.29, 0.717) is 10.7 Å². The first-order valence-corrected chi connectivity index (χ1v) is 10.2. The van der Waals surface area contributed by atoms with Crippen molar-refractivity contribution in [2.45, 2.75) is 44.7 Å². The van der Waals surface area contributed by atoms with Crippen LogP contribution >= 0.6 is 11.6 Å². The molecular weight excluding hydrogens is 370 g/mol. The first kappa shape index (κ1) is 17.5. The van der Waals surface area contributed by atoms with Gasteiger partial charge >= 0.3 is 0 Å². The van der Waals surface area contributed by atoms with Crippen molar-refractivity contribution in [1.82, 2.24) is 15.1 Å². The summed E-state index contributed by atoms with van der Waals surface area (Å²) in [6.07, 6.45) is 4.46. The lowest BCUT2D eigenvalue weighted by molar-refractivity contribution is 0.0660. The van der Waals surface area contributed by atoms with Crippen molar-refractivity contribution >= 4 is 17.5 Å². The number of aromatic nitrogens is 2. The molecule has 142 valence electrons. The van der Waals surface area contributed by atoms with Crippen molar-refractivity contribution < 1.29 is 4.79 Å². The summed E-state index contributed by atoms with van der Waals surface area (Å²) < 4.78 is 0. The number of rotatable bonds is 3. The van der Waals surface area contributed by atoms with Crippen molar-refractivity contribution in [3.8, 4) is 11.3 Å². The molecule has 1 atom stereocenters. The Balaban J connectivity index is 1.68. The second-order valence-corrected chi connectivity index (χ2v) is 8.27. The van der Waals surface area contributed by atoms with Gasteiger partial charge in [-0.25, -0.2) is 0 Å². The summed E-state index contributed by atoms with van der Waals surface area (Å²) in [5.41, 5.74) is 5.72. The van der Waals surface area contributed by atoms with E-state index in [0.717, 1.165) is 35.2 Å². The predicted molar refractivity (Wildman–Crippen MR) is 110 cm³/mol. The highest BCUT2D eigenvalue weighted by molar-refractivity contribution is 6.30. The monoisotopic (exact) mass is 391 g/mol. The first-order valence-electron chi connectivity index (χ1n) is 9.87. The van der Waals surface area contributed by atoms with E-state index in [4.69, 9.17) is 11.6 Å². The SMILES string of the molecule is Cc1ccc(-c2n[nH]c3c2C(c2cccc(Cl)c2)N(C2CCCC2)C3=O)cc1. The highest BCUT2D eigenvalue weighted by Crippen LogP contribution is 2.46. The fraction of sp³-hybridized carbons (Fsp3) is 0.304. The van der Waals surface area contributed by atoms with Gasteiger partial charge in [-0.2, -0.15) is 5.10 Å². The number of nitrogens with zero attached hydrogens (tertiary/aromatic N) is 2. The summed E-state index contributed by atoms with van der Waals surface area (Å²) >= 11 is 6.32. The van der Waals surface area contributed by atoms with Gasteiger partial charge in [0.1, 0.15) is 5.69 Å². The minimum atomic E-state index is -0.153. The zero-order valence-electron chi connectivity index (χ0n) is 15.8. The average Bonchev–Trinajstić information content (AvgIpc) is 3.40. The quantitative estimate of drug-likeness (QED) is 0.638. The number of aromatic amines is 1. The number of hydrogen-bond acceptors (Lipinski definition) is 2. The molecule has 1 unspecified atom stereocenters. The normalized spacial score (nSPS) is 19.4. The molecule has 1 amide bonds. The topological polar surface area (TPSA) is 49.0 Å². The second kappa shape index (κ2) is 6.78. The van der Waals surface area contributed by atoms with Gasteiger partial charge in [-0.15, -0.1) is 0 Å². The minimum absolute atomic E-state index is 0.0535. The lowest BCUT2D eigenvalue weighted by atomic mass is 9.95. The molecule has 0 bridgehead atoms. The van der Waals surface area contributed by atoms with E-state index in [9.17, 15) is 4.79 Å². The van der Waals surface area contributed by atoms with Gasteiger partial charge in [0.2, 0.25) is 0 Å². The predicted octanol–water partition coefficient (Wildman–Crippen LogP) is 5.53. The molecule has 0 radical (unpaired) electrons. The van der Waals surface area contributed by atoms with Crippen molar-refractivity contribution in [3.63, 3.8) is 0 Å². The molecule has 3 aromatic rings. The lowest BCUT2D eigenvalue weighted by Crippen LogP contribution is -2.37. The minimum Gasteiger partial charge on any atom is -0.323 e. The zero-order chi connectivity index (χ0) is 19.3. The average molecular weight is 392 g/mol. The van der Waals surface area contributed by atoms with Crippen LogP contribution in [0.4, 0.5) is 0 Å². The number of carbonyl (C=O) groups excluding carboxylic acids is 1. The van der Waals surface area contributed by atoms with E-state index < -0.39 is 0 Å². The molecule has 2 heterocycles. The van der Waals surface area contributed by atoms with Crippen molar-refractivity contribution in [1.29, 1.82) is 0 Å². The summed E-state index contributed by atoms with van der Waals surface area (Å²) in [6.45, 7) is 2.07. The van der Waals surface area contributed by atoms with Crippen LogP contribution in [0.5, 0.6) is 0 Å². The third-order valence-corrected chi connectivity index (χ3v) is 6.25. The summed E-state index contributed by atoms with van der Waals surface area (Å²) in [6, 6.07) is 16.3. The molecule has 2 aromatic carbocycles. The molecular formula is C23H22ClN3O. The highest BCUT2D eigenvalue weighted by Gasteiger charge is 2.45. The Bertz CT molecular complexity index is 1030. The van der Waals surface area contributed by atoms with Crippen LogP contribution in [0.2, 0.25) is 5.02 Å². The Morgan fingerprint density at radius 3 is 2.57 bits per heavy atom. The number of benzene rings is 2. The van der Waals surface area contributed by atoms with Gasteiger partial charge in [-0.1, -0.05) is 66.4 Å². The van der Waals surface area contributed by atoms with Crippen molar-refractivity contribution in [3.05, 3.63) is 75.9 Å². The van der Waals surface area contributed by atoms with Crippen LogP contribution in [0.3, 0.4) is 0 Å². The molecule has 5 heteroatoms. The summed E-state index contributed by atoms with van der Waals surface area (Å²) in [5.74, 6) is 0.0535. The van der Waals surface area contributed by atoms with E-state index in [1.807, 2.05) is 18.2 Å². The molecule has 2 aliphatic rings. The molecule has 1 N–H and O–H groups in total. The van der Waals surface area contributed by atoms with Gasteiger partial charge in [0.05, 0.1) is 11.7 Å². The van der Waals surface area contributed by atoms with E-state index in [1.165, 1.54) is 18.4 Å². The molecule has 0 spiro atoms. The van der Waals surface area contributed by atoms with Crippen LogP contribution in [-0.2, 0) is 0 Å². The van der Waals surface area contributed by atoms with Gasteiger partial charge < -0.3 is 4.90 Å². The van der Waals surface area contributed by atoms with Gasteiger partial charge in [-0.3, -0.25) is 9.89 Å². The number of fused-ring (bicyclic) bond motifs is 1. The Labute approximate surface area is 169 Å². The smallest absolute Gasteiger partial charge is 0.273 e. The Morgan fingerprint density at radius 2 is 1.86 bits per heavy atom. The first-order chi connectivity index (χ1) is 13.6. The van der Waals surface area contributed by atoms with Crippen molar-refractivity contribution in [2.24, 2.45) is 0 Å². The van der Waals surface area contributed by atoms with E-state index in [2.05, 4.69) is 52.4 Å². The van der Waals surface area contributed by atoms with Crippen LogP contribution in [0.15, 0.2) is 48.5 Å². The second-order valence-electron chi connectivity index (χ2n) is 7.84. The molecule has 1 aliphatic heterocycles. The molecule has 1 aromatic heterocycles. The molecule has 1 saturated carbocycles. The van der Waals surface area contributed by atoms with Crippen LogP contribution in [0, 0.1) is 6.92 Å². The van der Waals surface area contributed by atoms with Crippen molar-refractivity contribution in [2.75, 3.05) is 0 Å². The number of nitrogens with one attached hydrogen (secondary N) is 1. The fourth-order valence-electron chi connectivity index (χ4n) is 4.66. The molecule has 28 heavy (non-hydrogen) atoms. The molecule has 4 nitrogen and oxygen atoms in total. The Kier molecular flexibility index (Phi) is 4.24. The number of amides is 1. The lowest BCUT2D eigenvalue weighted by Gasteiger charge is -2.32. The Morgan fingerprint density at radius 1 is 1.11 bits per heavy atom. The van der Waals surface area contributed by atoms with E-state index in [-0.39, 0.29) is 18.0 Å². The number of carbonyl (C=O) groups is 1. The van der Waals surface area contributed by atoms with Crippen LogP contribution in [0.1, 0.15) is 58.9 Å². The maximum absolute atomic E-state index is 13.4. The summed E-state index contributed by atoms with van der Waals surface area (Å²) in [4.78, 5) is 15.4. The summed E-state index contributed by atoms with van der Waals surface area (Å²) in [5, 5.41) is 8.27. The maximum Gasteiger partial charge on any atom is 0.273 e. The van der Waals surface area contributed by atoms with Gasteiger partial charge in [-0.05, 0) is 37.5 Å².